The molecule has 0 fully saturated rings. The van der Waals surface area contributed by atoms with E-state index in [1.54, 1.807) is 0 Å². The molecule has 0 aromatic heterocycles. The molecule has 0 heterocycles. The van der Waals surface area contributed by atoms with Crippen molar-refractivity contribution in [2.45, 2.75) is 9.79 Å². The molecule has 0 amide bonds. The zero-order chi connectivity index (χ0) is 24.6. The van der Waals surface area contributed by atoms with Gasteiger partial charge in [-0.25, -0.2) is 21.6 Å². The Bertz CT molecular complexity index is 1530. The molecular weight excluding hydrogens is 530 g/mol. The van der Waals surface area contributed by atoms with Crippen molar-refractivity contribution < 1.29 is 110 Å². The average molecular weight is 542 g/mol. The van der Waals surface area contributed by atoms with Crippen LogP contribution >= 0.6 is 0 Å². The molecular formula is C18H12N2Na2O11S2. The number of phenols is 2. The maximum absolute atomic E-state index is 11.7. The van der Waals surface area contributed by atoms with Crippen molar-refractivity contribution in [1.29, 1.82) is 0 Å². The molecule has 35 heavy (non-hydrogen) atoms. The summed E-state index contributed by atoms with van der Waals surface area (Å²) in [7, 11) is -10.4. The van der Waals surface area contributed by atoms with Gasteiger partial charge in [0.1, 0.15) is 37.4 Å². The molecule has 0 spiro atoms. The molecule has 3 rings (SSSR count). The van der Waals surface area contributed by atoms with Gasteiger partial charge in [-0.1, -0.05) is 6.07 Å². The summed E-state index contributed by atoms with van der Waals surface area (Å²) in [5, 5.41) is 35.6. The first kappa shape index (κ1) is 31.2. The second-order valence-electron chi connectivity index (χ2n) is 6.40. The van der Waals surface area contributed by atoms with E-state index in [0.717, 1.165) is 0 Å². The number of benzene rings is 3. The summed E-state index contributed by atoms with van der Waals surface area (Å²) in [6, 6.07) is 7.26. The van der Waals surface area contributed by atoms with Crippen LogP contribution in [0.5, 0.6) is 17.2 Å². The van der Waals surface area contributed by atoms with Crippen molar-refractivity contribution in [3.63, 3.8) is 0 Å². The van der Waals surface area contributed by atoms with Gasteiger partial charge in [0.05, 0.1) is 20.9 Å². The molecule has 0 aliphatic rings. The zero-order valence-corrected chi connectivity index (χ0v) is 23.7. The summed E-state index contributed by atoms with van der Waals surface area (Å²) in [6.45, 7) is -0.648. The Morgan fingerprint density at radius 3 is 2.17 bits per heavy atom. The molecule has 0 saturated carbocycles. The number of hydrogen-bond acceptors (Lipinski definition) is 12. The van der Waals surface area contributed by atoms with E-state index < -0.39 is 70.6 Å². The molecule has 3 aromatic carbocycles. The van der Waals surface area contributed by atoms with Gasteiger partial charge < -0.3 is 29.2 Å². The Labute approximate surface area is 242 Å². The fraction of sp³-hybridized carbons (Fsp3) is 0.0556. The minimum absolute atomic E-state index is 0. The molecule has 0 atom stereocenters. The zero-order valence-electron chi connectivity index (χ0n) is 18.1. The number of nitrogens with zero attached hydrogens (tertiary/aromatic N) is 2. The first-order chi connectivity index (χ1) is 15.3. The number of phenolic OH excluding ortho intramolecular Hbond substituents is 2. The van der Waals surface area contributed by atoms with Crippen LogP contribution in [0.1, 0.15) is 0 Å². The standard InChI is InChI=1S/C18H14N2O11S2.2Na/c21-13-7-12(32(25,26)27)4-9-5-14(33(28,29)30)17(18(24)16(9)13)20-19-10-2-1-3-11(6-10)31-8-15(22)23;;/h1-7,21,24H,8H2,(H,22,23)(H,25,26,27)(H,28,29,30);;/q;2*+1/p-2. The van der Waals surface area contributed by atoms with Crippen molar-refractivity contribution >= 4 is 48.4 Å². The number of rotatable bonds is 7. The first-order valence-corrected chi connectivity index (χ1v) is 11.4. The number of azo groups is 1. The topological polar surface area (TPSA) is 226 Å². The molecule has 17 heteroatoms. The van der Waals surface area contributed by atoms with Crippen molar-refractivity contribution in [3.05, 3.63) is 42.5 Å². The largest absolute Gasteiger partial charge is 1.00 e. The van der Waals surface area contributed by atoms with Crippen molar-refractivity contribution in [2.75, 3.05) is 6.61 Å². The van der Waals surface area contributed by atoms with E-state index >= 15 is 0 Å². The van der Waals surface area contributed by atoms with Crippen molar-refractivity contribution in [3.8, 4) is 17.2 Å². The fourth-order valence-electron chi connectivity index (χ4n) is 2.76. The number of carbonyl (C=O) groups is 1. The molecule has 3 N–H and O–H groups in total. The second kappa shape index (κ2) is 12.0. The Morgan fingerprint density at radius 2 is 1.60 bits per heavy atom. The molecule has 13 nitrogen and oxygen atoms in total. The van der Waals surface area contributed by atoms with Crippen LogP contribution in [-0.2, 0) is 25.0 Å². The minimum atomic E-state index is -5.30. The molecule has 0 aliphatic carbocycles. The SMILES string of the molecule is O=C(O)COc1cccc(N=Nc2c(S(=O)(=O)[O-])cc3cc(S(=O)(=O)[O-])cc(O)c3c2O)c1.[Na+].[Na+]. The van der Waals surface area contributed by atoms with Crippen LogP contribution in [0.2, 0.25) is 0 Å². The van der Waals surface area contributed by atoms with Gasteiger partial charge in [0.15, 0.2) is 12.4 Å². The Morgan fingerprint density at radius 1 is 0.943 bits per heavy atom. The van der Waals surface area contributed by atoms with E-state index in [4.69, 9.17) is 9.84 Å². The maximum Gasteiger partial charge on any atom is 1.00 e. The number of aromatic hydroxyl groups is 2. The van der Waals surface area contributed by atoms with Gasteiger partial charge in [-0.15, -0.1) is 5.11 Å². The van der Waals surface area contributed by atoms with Crippen LogP contribution in [0.15, 0.2) is 62.5 Å². The van der Waals surface area contributed by atoms with Crippen LogP contribution < -0.4 is 63.9 Å². The van der Waals surface area contributed by atoms with Gasteiger partial charge >= 0.3 is 65.1 Å². The molecule has 0 bridgehead atoms. The first-order valence-electron chi connectivity index (χ1n) is 8.58. The second-order valence-corrected chi connectivity index (χ2v) is 9.13. The van der Waals surface area contributed by atoms with Crippen LogP contribution in [0, 0.1) is 0 Å². The number of fused-ring (bicyclic) bond motifs is 1. The van der Waals surface area contributed by atoms with Gasteiger partial charge in [-0.3, -0.25) is 0 Å². The maximum atomic E-state index is 11.7. The predicted molar refractivity (Wildman–Crippen MR) is 107 cm³/mol. The fourth-order valence-corrected chi connectivity index (χ4v) is 3.93. The summed E-state index contributed by atoms with van der Waals surface area (Å²) in [5.41, 5.74) is -0.842. The number of aliphatic carboxylic acids is 1. The molecule has 0 aliphatic heterocycles. The summed E-state index contributed by atoms with van der Waals surface area (Å²) in [6.07, 6.45) is 0. The van der Waals surface area contributed by atoms with Gasteiger partial charge in [0, 0.05) is 6.07 Å². The van der Waals surface area contributed by atoms with Gasteiger partial charge in [0.25, 0.3) is 0 Å². The minimum Gasteiger partial charge on any atom is -0.744 e. The van der Waals surface area contributed by atoms with E-state index in [0.29, 0.717) is 18.2 Å². The molecule has 3 aromatic rings. The van der Waals surface area contributed by atoms with Crippen LogP contribution in [0.25, 0.3) is 10.8 Å². The van der Waals surface area contributed by atoms with Crippen LogP contribution in [0.3, 0.4) is 0 Å². The van der Waals surface area contributed by atoms with E-state index in [1.807, 2.05) is 0 Å². The normalized spacial score (nSPS) is 11.6. The summed E-state index contributed by atoms with van der Waals surface area (Å²) in [4.78, 5) is 8.57. The van der Waals surface area contributed by atoms with Gasteiger partial charge in [-0.2, -0.15) is 5.11 Å². The monoisotopic (exact) mass is 542 g/mol. The Balaban J connectivity index is 0.00000306. The third kappa shape index (κ3) is 7.60. The molecule has 174 valence electrons. The smallest absolute Gasteiger partial charge is 0.744 e. The number of hydrogen-bond donors (Lipinski definition) is 3. The van der Waals surface area contributed by atoms with E-state index in [9.17, 15) is 40.9 Å². The Hall–Kier alpha value is -1.79. The molecule has 0 saturated heterocycles. The summed E-state index contributed by atoms with van der Waals surface area (Å²) < 4.78 is 73.9. The number of carboxylic acids is 1. The van der Waals surface area contributed by atoms with Crippen LogP contribution in [-0.4, -0.2) is 53.8 Å². The van der Waals surface area contributed by atoms with E-state index in [-0.39, 0.29) is 70.6 Å². The van der Waals surface area contributed by atoms with Crippen molar-refractivity contribution in [2.24, 2.45) is 10.2 Å². The van der Waals surface area contributed by atoms with E-state index in [2.05, 4.69) is 10.2 Å². The van der Waals surface area contributed by atoms with Crippen LogP contribution in [0.4, 0.5) is 11.4 Å². The van der Waals surface area contributed by atoms with Crippen molar-refractivity contribution in [1.82, 2.24) is 0 Å². The third-order valence-electron chi connectivity index (χ3n) is 4.11. The Kier molecular flexibility index (Phi) is 10.7. The summed E-state index contributed by atoms with van der Waals surface area (Å²) >= 11 is 0. The number of carboxylic acid groups (broad SMARTS) is 1. The van der Waals surface area contributed by atoms with Gasteiger partial charge in [0.2, 0.25) is 0 Å². The third-order valence-corrected chi connectivity index (χ3v) is 5.77. The average Bonchev–Trinajstić information content (AvgIpc) is 2.70. The molecule has 0 radical (unpaired) electrons. The summed E-state index contributed by atoms with van der Waals surface area (Å²) in [5.74, 6) is -3.07. The quantitative estimate of drug-likeness (QED) is 0.148. The van der Waals surface area contributed by atoms with E-state index in [1.165, 1.54) is 24.3 Å². The molecule has 0 unspecified atom stereocenters. The number of ether oxygens (including phenoxy) is 1. The predicted octanol–water partition coefficient (Wildman–Crippen LogP) is -4.05. The van der Waals surface area contributed by atoms with Gasteiger partial charge in [-0.05, 0) is 35.7 Å².